The zero-order chi connectivity index (χ0) is 24.0. The minimum Gasteiger partial charge on any atom is -0.394 e. The van der Waals surface area contributed by atoms with E-state index in [0.717, 1.165) is 11.1 Å². The first kappa shape index (κ1) is 22.1. The van der Waals surface area contributed by atoms with Gasteiger partial charge in [0, 0.05) is 42.0 Å². The van der Waals surface area contributed by atoms with Gasteiger partial charge in [0.2, 0.25) is 0 Å². The Labute approximate surface area is 197 Å². The van der Waals surface area contributed by atoms with Gasteiger partial charge in [0.15, 0.2) is 0 Å². The number of nitrogen functional groups attached to an aromatic ring is 1. The number of anilines is 1. The number of hydrogen-bond donors (Lipinski definition) is 3. The van der Waals surface area contributed by atoms with Crippen molar-refractivity contribution < 1.29 is 5.11 Å². The molecule has 2 heterocycles. The maximum absolute atomic E-state index is 13.8. The number of hydrogen-bond acceptors (Lipinski definition) is 5. The van der Waals surface area contributed by atoms with E-state index < -0.39 is 0 Å². The van der Waals surface area contributed by atoms with E-state index in [1.807, 2.05) is 31.3 Å². The first-order valence-corrected chi connectivity index (χ1v) is 11.5. The van der Waals surface area contributed by atoms with Gasteiger partial charge in [-0.15, -0.1) is 0 Å². The molecule has 0 atom stereocenters. The summed E-state index contributed by atoms with van der Waals surface area (Å²) in [5, 5.41) is 15.2. The smallest absolute Gasteiger partial charge is 0.273 e. The Morgan fingerprint density at radius 1 is 1.09 bits per heavy atom. The third-order valence-electron chi connectivity index (χ3n) is 6.60. The van der Waals surface area contributed by atoms with E-state index in [1.54, 1.807) is 23.9 Å². The van der Waals surface area contributed by atoms with Crippen LogP contribution < -0.4 is 22.2 Å². The average Bonchev–Trinajstić information content (AvgIpc) is 3.67. The maximum atomic E-state index is 13.8. The third-order valence-corrected chi connectivity index (χ3v) is 6.60. The Hall–Kier alpha value is -3.68. The van der Waals surface area contributed by atoms with Crippen LogP contribution in [0.2, 0.25) is 0 Å². The molecule has 4 N–H and O–H groups in total. The molecule has 0 bridgehead atoms. The van der Waals surface area contributed by atoms with Crippen molar-refractivity contribution in [2.24, 2.45) is 7.05 Å². The molecular formula is C27H28N4O3. The molecule has 1 saturated carbocycles. The van der Waals surface area contributed by atoms with E-state index in [1.165, 1.54) is 23.0 Å². The molecule has 1 aliphatic rings. The molecule has 0 amide bonds. The number of nitrogens with two attached hydrogens (primary N) is 1. The maximum Gasteiger partial charge on any atom is 0.273 e. The molecule has 0 unspecified atom stereocenters. The standard InChI is InChI=1S/C27H28N4O3/c1-29-13-20-11-18-10-17(16-6-7-16)8-9-22(18)26(33)31(20)25-5-3-4-21(23(25)15-32)19-12-24(28)27(34)30(2)14-19/h3-5,8-12,14,16,29,32H,6-7,13,15,28H2,1-2H3. The number of rotatable bonds is 6. The fourth-order valence-electron chi connectivity index (χ4n) is 4.74. The normalized spacial score (nSPS) is 13.5. The Bertz CT molecular complexity index is 1500. The first-order valence-electron chi connectivity index (χ1n) is 11.5. The van der Waals surface area contributed by atoms with Crippen LogP contribution in [-0.2, 0) is 20.2 Å². The number of pyridine rings is 2. The highest BCUT2D eigenvalue weighted by atomic mass is 16.3. The fraction of sp³-hybridized carbons (Fsp3) is 0.259. The Morgan fingerprint density at radius 3 is 2.56 bits per heavy atom. The summed E-state index contributed by atoms with van der Waals surface area (Å²) >= 11 is 0. The number of aliphatic hydroxyl groups excluding tert-OH is 1. The lowest BCUT2D eigenvalue weighted by Gasteiger charge is -2.20. The molecule has 1 aliphatic carbocycles. The Kier molecular flexibility index (Phi) is 5.59. The lowest BCUT2D eigenvalue weighted by molar-refractivity contribution is 0.282. The van der Waals surface area contributed by atoms with Crippen molar-refractivity contribution in [3.63, 3.8) is 0 Å². The topological polar surface area (TPSA) is 102 Å². The highest BCUT2D eigenvalue weighted by Gasteiger charge is 2.24. The number of aliphatic hydroxyl groups is 1. The van der Waals surface area contributed by atoms with Crippen LogP contribution in [0.5, 0.6) is 0 Å². The van der Waals surface area contributed by atoms with E-state index in [4.69, 9.17) is 5.73 Å². The van der Waals surface area contributed by atoms with Gasteiger partial charge in [-0.25, -0.2) is 0 Å². The highest BCUT2D eigenvalue weighted by Crippen LogP contribution is 2.40. The first-order chi connectivity index (χ1) is 16.4. The van der Waals surface area contributed by atoms with Crippen LogP contribution in [0, 0.1) is 0 Å². The van der Waals surface area contributed by atoms with Gasteiger partial charge < -0.3 is 20.7 Å². The molecule has 5 rings (SSSR count). The second-order valence-electron chi connectivity index (χ2n) is 8.99. The van der Waals surface area contributed by atoms with Crippen molar-refractivity contribution in [2.75, 3.05) is 12.8 Å². The molecule has 0 spiro atoms. The molecule has 0 saturated heterocycles. The summed E-state index contributed by atoms with van der Waals surface area (Å²) < 4.78 is 3.10. The monoisotopic (exact) mass is 456 g/mol. The summed E-state index contributed by atoms with van der Waals surface area (Å²) in [5.41, 5.74) is 10.3. The predicted molar refractivity (Wildman–Crippen MR) is 135 cm³/mol. The zero-order valence-electron chi connectivity index (χ0n) is 19.3. The molecule has 2 aromatic carbocycles. The molecule has 174 valence electrons. The average molecular weight is 457 g/mol. The van der Waals surface area contributed by atoms with Gasteiger partial charge in [-0.2, -0.15) is 0 Å². The van der Waals surface area contributed by atoms with E-state index >= 15 is 0 Å². The van der Waals surface area contributed by atoms with Crippen molar-refractivity contribution in [2.45, 2.75) is 31.9 Å². The molecule has 0 aliphatic heterocycles. The van der Waals surface area contributed by atoms with Gasteiger partial charge in [-0.05, 0) is 66.6 Å². The number of benzene rings is 2. The molecule has 34 heavy (non-hydrogen) atoms. The quantitative estimate of drug-likeness (QED) is 0.414. The van der Waals surface area contributed by atoms with Crippen molar-refractivity contribution in [1.29, 1.82) is 0 Å². The van der Waals surface area contributed by atoms with Gasteiger partial charge in [0.25, 0.3) is 11.1 Å². The molecule has 7 nitrogen and oxygen atoms in total. The summed E-state index contributed by atoms with van der Waals surface area (Å²) in [6, 6.07) is 15.3. The molecular weight excluding hydrogens is 428 g/mol. The minimum atomic E-state index is -0.280. The van der Waals surface area contributed by atoms with Crippen molar-refractivity contribution in [3.8, 4) is 16.8 Å². The van der Waals surface area contributed by atoms with E-state index in [2.05, 4.69) is 23.5 Å². The number of nitrogens with zero attached hydrogens (tertiary/aromatic N) is 2. The fourth-order valence-corrected chi connectivity index (χ4v) is 4.74. The summed E-state index contributed by atoms with van der Waals surface area (Å²) in [7, 11) is 3.48. The molecule has 7 heteroatoms. The summed E-state index contributed by atoms with van der Waals surface area (Å²) in [6.45, 7) is 0.207. The largest absolute Gasteiger partial charge is 0.394 e. The minimum absolute atomic E-state index is 0.125. The van der Waals surface area contributed by atoms with E-state index in [0.29, 0.717) is 40.2 Å². The number of aryl methyl sites for hydroxylation is 1. The second kappa shape index (κ2) is 8.59. The number of fused-ring (bicyclic) bond motifs is 1. The van der Waals surface area contributed by atoms with Crippen LogP contribution in [0.15, 0.2) is 64.3 Å². The lowest BCUT2D eigenvalue weighted by atomic mass is 9.98. The Morgan fingerprint density at radius 2 is 1.88 bits per heavy atom. The molecule has 1 fully saturated rings. The summed E-state index contributed by atoms with van der Waals surface area (Å²) in [6.07, 6.45) is 4.09. The predicted octanol–water partition coefficient (Wildman–Crippen LogP) is 3.03. The lowest BCUT2D eigenvalue weighted by Crippen LogP contribution is -2.26. The van der Waals surface area contributed by atoms with E-state index in [9.17, 15) is 14.7 Å². The van der Waals surface area contributed by atoms with Crippen molar-refractivity contribution in [3.05, 3.63) is 92.3 Å². The van der Waals surface area contributed by atoms with Gasteiger partial charge in [-0.1, -0.05) is 24.3 Å². The summed E-state index contributed by atoms with van der Waals surface area (Å²) in [5.74, 6) is 0.603. The van der Waals surface area contributed by atoms with Crippen molar-refractivity contribution >= 4 is 16.5 Å². The number of aromatic nitrogens is 2. The van der Waals surface area contributed by atoms with Crippen molar-refractivity contribution in [1.82, 2.24) is 14.5 Å². The van der Waals surface area contributed by atoms with Crippen LogP contribution in [0.4, 0.5) is 5.69 Å². The van der Waals surface area contributed by atoms with Gasteiger partial charge in [0.05, 0.1) is 18.0 Å². The molecule has 4 aromatic rings. The molecule has 2 aromatic heterocycles. The van der Waals surface area contributed by atoms with Gasteiger partial charge in [0.1, 0.15) is 0 Å². The van der Waals surface area contributed by atoms with Gasteiger partial charge >= 0.3 is 0 Å². The summed E-state index contributed by atoms with van der Waals surface area (Å²) in [4.78, 5) is 25.9. The number of nitrogens with one attached hydrogen (secondary N) is 1. The van der Waals surface area contributed by atoms with Crippen LogP contribution in [0.25, 0.3) is 27.6 Å². The van der Waals surface area contributed by atoms with Gasteiger partial charge in [-0.3, -0.25) is 14.2 Å². The molecule has 0 radical (unpaired) electrons. The third kappa shape index (κ3) is 3.73. The van der Waals surface area contributed by atoms with E-state index in [-0.39, 0.29) is 23.4 Å². The highest BCUT2D eigenvalue weighted by molar-refractivity contribution is 5.84. The Balaban J connectivity index is 1.76. The van der Waals surface area contributed by atoms with Crippen LogP contribution >= 0.6 is 0 Å². The SMILES string of the molecule is CNCc1cc2cc(C3CC3)ccc2c(=O)n1-c1cccc(-c2cc(N)c(=O)n(C)c2)c1CO. The second-order valence-corrected chi connectivity index (χ2v) is 8.99. The van der Waals surface area contributed by atoms with Crippen LogP contribution in [0.3, 0.4) is 0 Å². The van der Waals surface area contributed by atoms with Crippen LogP contribution in [0.1, 0.15) is 35.6 Å². The van der Waals surface area contributed by atoms with Crippen LogP contribution in [-0.4, -0.2) is 21.3 Å². The zero-order valence-corrected chi connectivity index (χ0v) is 19.3.